The summed E-state index contributed by atoms with van der Waals surface area (Å²) in [6.07, 6.45) is -10.0. The van der Waals surface area contributed by atoms with Gasteiger partial charge in [0, 0.05) is 6.54 Å². The minimum Gasteiger partial charge on any atom is -0.312 e. The van der Waals surface area contributed by atoms with E-state index >= 15 is 0 Å². The average molecular weight is 306 g/mol. The van der Waals surface area contributed by atoms with E-state index in [1.807, 2.05) is 6.92 Å². The third-order valence-electron chi connectivity index (χ3n) is 2.07. The van der Waals surface area contributed by atoms with Crippen molar-refractivity contribution in [3.63, 3.8) is 0 Å². The van der Waals surface area contributed by atoms with E-state index in [2.05, 4.69) is 10.3 Å². The molecule has 1 rings (SSSR count). The lowest BCUT2D eigenvalue weighted by Gasteiger charge is -2.06. The van der Waals surface area contributed by atoms with E-state index < -0.39 is 29.5 Å². The van der Waals surface area contributed by atoms with Crippen molar-refractivity contribution >= 4 is 11.3 Å². The summed E-state index contributed by atoms with van der Waals surface area (Å²) in [6.45, 7) is 2.20. The normalized spacial score (nSPS) is 13.0. The lowest BCUT2D eigenvalue weighted by atomic mass is 10.3. The largest absolute Gasteiger partial charge is 0.434 e. The Labute approximate surface area is 109 Å². The Morgan fingerprint density at radius 2 is 1.79 bits per heavy atom. The molecule has 0 saturated heterocycles. The molecular formula is C10H12F6N2S. The molecule has 9 heteroatoms. The SMILES string of the molecule is CCCNCc1sc(CC(F)(F)F)nc1C(F)(F)F. The minimum atomic E-state index is -4.73. The first-order valence-corrected chi connectivity index (χ1v) is 6.28. The predicted molar refractivity (Wildman–Crippen MR) is 58.9 cm³/mol. The Kier molecular flexibility index (Phi) is 5.19. The van der Waals surface area contributed by atoms with Crippen LogP contribution in [-0.2, 0) is 19.1 Å². The van der Waals surface area contributed by atoms with Gasteiger partial charge in [0.05, 0.1) is 11.3 Å². The zero-order valence-corrected chi connectivity index (χ0v) is 10.8. The van der Waals surface area contributed by atoms with Crippen LogP contribution in [0.4, 0.5) is 26.3 Å². The highest BCUT2D eigenvalue weighted by Gasteiger charge is 2.39. The van der Waals surface area contributed by atoms with Crippen LogP contribution in [-0.4, -0.2) is 17.7 Å². The fourth-order valence-electron chi connectivity index (χ4n) is 1.37. The van der Waals surface area contributed by atoms with Gasteiger partial charge in [0.25, 0.3) is 0 Å². The smallest absolute Gasteiger partial charge is 0.312 e. The first-order valence-electron chi connectivity index (χ1n) is 5.46. The maximum atomic E-state index is 12.6. The topological polar surface area (TPSA) is 24.9 Å². The molecule has 110 valence electrons. The standard InChI is InChI=1S/C10H12F6N2S/c1-2-3-17-5-6-8(10(14,15)16)18-7(19-6)4-9(11,12)13/h17H,2-5H2,1H3. The molecule has 0 aromatic carbocycles. The summed E-state index contributed by atoms with van der Waals surface area (Å²) in [6, 6.07) is 0. The van der Waals surface area contributed by atoms with Crippen molar-refractivity contribution in [3.05, 3.63) is 15.6 Å². The monoisotopic (exact) mass is 306 g/mol. The van der Waals surface area contributed by atoms with Gasteiger partial charge in [-0.05, 0) is 13.0 Å². The van der Waals surface area contributed by atoms with Crippen molar-refractivity contribution in [2.45, 2.75) is 38.7 Å². The molecule has 0 aliphatic rings. The van der Waals surface area contributed by atoms with Crippen LogP contribution in [0.5, 0.6) is 0 Å². The van der Waals surface area contributed by atoms with Crippen LogP contribution in [0.2, 0.25) is 0 Å². The molecule has 0 atom stereocenters. The fraction of sp³-hybridized carbons (Fsp3) is 0.700. The van der Waals surface area contributed by atoms with Gasteiger partial charge in [0.2, 0.25) is 0 Å². The van der Waals surface area contributed by atoms with Gasteiger partial charge in [-0.25, -0.2) is 4.98 Å². The van der Waals surface area contributed by atoms with E-state index in [-0.39, 0.29) is 11.4 Å². The molecule has 0 amide bonds. The second-order valence-electron chi connectivity index (χ2n) is 3.85. The second-order valence-corrected chi connectivity index (χ2v) is 5.01. The number of hydrogen-bond acceptors (Lipinski definition) is 3. The molecule has 0 fully saturated rings. The summed E-state index contributed by atoms with van der Waals surface area (Å²) in [7, 11) is 0. The molecule has 1 aromatic heterocycles. The number of rotatable bonds is 5. The molecule has 0 radical (unpaired) electrons. The Bertz CT molecular complexity index is 409. The number of halogens is 6. The lowest BCUT2D eigenvalue weighted by Crippen LogP contribution is -2.17. The van der Waals surface area contributed by atoms with Gasteiger partial charge in [-0.15, -0.1) is 11.3 Å². The maximum absolute atomic E-state index is 12.6. The Hall–Kier alpha value is -0.830. The number of alkyl halides is 6. The Morgan fingerprint density at radius 1 is 1.16 bits per heavy atom. The second kappa shape index (κ2) is 6.08. The quantitative estimate of drug-likeness (QED) is 0.662. The molecule has 1 N–H and O–H groups in total. The van der Waals surface area contributed by atoms with Crippen LogP contribution in [0.15, 0.2) is 0 Å². The summed E-state index contributed by atoms with van der Waals surface area (Å²) >= 11 is 0.450. The molecule has 0 bridgehead atoms. The van der Waals surface area contributed by atoms with E-state index in [0.717, 1.165) is 6.42 Å². The van der Waals surface area contributed by atoms with Crippen LogP contribution >= 0.6 is 11.3 Å². The van der Waals surface area contributed by atoms with E-state index in [1.165, 1.54) is 0 Å². The summed E-state index contributed by atoms with van der Waals surface area (Å²) in [5.41, 5.74) is -1.22. The molecule has 0 saturated carbocycles. The van der Waals surface area contributed by atoms with Crippen LogP contribution in [0.25, 0.3) is 0 Å². The summed E-state index contributed by atoms with van der Waals surface area (Å²) < 4.78 is 74.4. The molecule has 1 aromatic rings. The van der Waals surface area contributed by atoms with Gasteiger partial charge in [-0.2, -0.15) is 26.3 Å². The molecule has 19 heavy (non-hydrogen) atoms. The molecule has 0 spiro atoms. The maximum Gasteiger partial charge on any atom is 0.434 e. The highest BCUT2D eigenvalue weighted by Crippen LogP contribution is 2.36. The molecule has 1 heterocycles. The molecule has 0 aliphatic carbocycles. The average Bonchev–Trinajstić information content (AvgIpc) is 2.58. The van der Waals surface area contributed by atoms with E-state index in [4.69, 9.17) is 0 Å². The molecule has 0 aliphatic heterocycles. The highest BCUT2D eigenvalue weighted by atomic mass is 32.1. The van der Waals surface area contributed by atoms with Crippen LogP contribution < -0.4 is 5.32 Å². The van der Waals surface area contributed by atoms with Gasteiger partial charge < -0.3 is 5.32 Å². The zero-order valence-electron chi connectivity index (χ0n) is 9.95. The van der Waals surface area contributed by atoms with Crippen molar-refractivity contribution < 1.29 is 26.3 Å². The number of nitrogens with zero attached hydrogens (tertiary/aromatic N) is 1. The van der Waals surface area contributed by atoms with Gasteiger partial charge in [0.1, 0.15) is 5.01 Å². The number of thiazole rings is 1. The lowest BCUT2D eigenvalue weighted by molar-refractivity contribution is -0.142. The van der Waals surface area contributed by atoms with E-state index in [9.17, 15) is 26.3 Å². The molecule has 2 nitrogen and oxygen atoms in total. The summed E-state index contributed by atoms with van der Waals surface area (Å²) in [4.78, 5) is 2.87. The molecule has 0 unspecified atom stereocenters. The number of hydrogen-bond donors (Lipinski definition) is 1. The van der Waals surface area contributed by atoms with E-state index in [1.54, 1.807) is 0 Å². The van der Waals surface area contributed by atoms with Crippen LogP contribution in [0, 0.1) is 0 Å². The van der Waals surface area contributed by atoms with Crippen molar-refractivity contribution in [1.29, 1.82) is 0 Å². The van der Waals surface area contributed by atoms with Crippen LogP contribution in [0.3, 0.4) is 0 Å². The van der Waals surface area contributed by atoms with E-state index in [0.29, 0.717) is 17.9 Å². The fourth-order valence-corrected chi connectivity index (χ4v) is 2.46. The molecular weight excluding hydrogens is 294 g/mol. The van der Waals surface area contributed by atoms with Crippen molar-refractivity contribution in [1.82, 2.24) is 10.3 Å². The third-order valence-corrected chi connectivity index (χ3v) is 3.13. The number of nitrogens with one attached hydrogen (secondary N) is 1. The van der Waals surface area contributed by atoms with Gasteiger partial charge in [-0.1, -0.05) is 6.92 Å². The van der Waals surface area contributed by atoms with Crippen LogP contribution in [0.1, 0.15) is 28.9 Å². The van der Waals surface area contributed by atoms with Crippen molar-refractivity contribution in [3.8, 4) is 0 Å². The van der Waals surface area contributed by atoms with Gasteiger partial charge >= 0.3 is 12.4 Å². The predicted octanol–water partition coefficient (Wildman–Crippen LogP) is 3.77. The first-order chi connectivity index (χ1) is 8.63. The summed E-state index contributed by atoms with van der Waals surface area (Å²) in [5, 5.41) is 2.17. The first kappa shape index (κ1) is 16.2. The zero-order chi connectivity index (χ0) is 14.7. The van der Waals surface area contributed by atoms with Crippen molar-refractivity contribution in [2.24, 2.45) is 0 Å². The Balaban J connectivity index is 2.93. The van der Waals surface area contributed by atoms with Gasteiger partial charge in [0.15, 0.2) is 5.69 Å². The summed E-state index contributed by atoms with van der Waals surface area (Å²) in [5.74, 6) is 0. The third kappa shape index (κ3) is 5.35. The highest BCUT2D eigenvalue weighted by molar-refractivity contribution is 7.11. The van der Waals surface area contributed by atoms with Crippen molar-refractivity contribution in [2.75, 3.05) is 6.54 Å². The van der Waals surface area contributed by atoms with Gasteiger partial charge in [-0.3, -0.25) is 0 Å². The Morgan fingerprint density at radius 3 is 2.26 bits per heavy atom. The minimum absolute atomic E-state index is 0.127. The number of aromatic nitrogens is 1.